The highest BCUT2D eigenvalue weighted by molar-refractivity contribution is 5.88. The number of nitrogens with zero attached hydrogens (tertiary/aromatic N) is 1. The molecule has 2 aliphatic heterocycles. The molecule has 2 N–H and O–H groups in total. The second kappa shape index (κ2) is 5.09. The lowest BCUT2D eigenvalue weighted by Gasteiger charge is -2.30. The van der Waals surface area contributed by atoms with Crippen LogP contribution in [0.25, 0.3) is 0 Å². The van der Waals surface area contributed by atoms with Gasteiger partial charge in [0.05, 0.1) is 13.2 Å². The van der Waals surface area contributed by atoms with Gasteiger partial charge in [-0.3, -0.25) is 4.79 Å². The molecule has 6 nitrogen and oxygen atoms in total. The molecule has 4 unspecified atom stereocenters. The molecule has 3 aliphatic rings. The maximum Gasteiger partial charge on any atom is 0.326 e. The third-order valence-electron chi connectivity index (χ3n) is 4.65. The van der Waals surface area contributed by atoms with E-state index in [2.05, 4.69) is 5.32 Å². The van der Waals surface area contributed by atoms with E-state index < -0.39 is 12.0 Å². The predicted molar refractivity (Wildman–Crippen MR) is 66.6 cm³/mol. The van der Waals surface area contributed by atoms with E-state index in [0.717, 1.165) is 19.3 Å². The number of carboxylic acid groups (broad SMARTS) is 1. The van der Waals surface area contributed by atoms with E-state index in [9.17, 15) is 14.7 Å². The van der Waals surface area contributed by atoms with E-state index >= 15 is 0 Å². The lowest BCUT2D eigenvalue weighted by molar-refractivity contribution is -0.151. The van der Waals surface area contributed by atoms with Crippen molar-refractivity contribution in [3.05, 3.63) is 0 Å². The Bertz CT molecular complexity index is 381. The number of amides is 1. The summed E-state index contributed by atoms with van der Waals surface area (Å²) >= 11 is 0. The number of aliphatic carboxylic acids is 1. The summed E-state index contributed by atoms with van der Waals surface area (Å²) in [7, 11) is 0. The zero-order valence-corrected chi connectivity index (χ0v) is 10.9. The average molecular weight is 268 g/mol. The molecule has 0 aromatic heterocycles. The number of hydrogen-bond donors (Lipinski definition) is 2. The van der Waals surface area contributed by atoms with E-state index in [4.69, 9.17) is 4.74 Å². The van der Waals surface area contributed by atoms with Crippen LogP contribution in [0.4, 0.5) is 0 Å². The van der Waals surface area contributed by atoms with Crippen LogP contribution < -0.4 is 5.32 Å². The van der Waals surface area contributed by atoms with Crippen LogP contribution in [0.3, 0.4) is 0 Å². The van der Waals surface area contributed by atoms with Crippen molar-refractivity contribution in [3.63, 3.8) is 0 Å². The summed E-state index contributed by atoms with van der Waals surface area (Å²) < 4.78 is 5.30. The topological polar surface area (TPSA) is 78.9 Å². The van der Waals surface area contributed by atoms with Crippen molar-refractivity contribution in [2.24, 2.45) is 11.8 Å². The zero-order chi connectivity index (χ0) is 13.4. The molecule has 0 aromatic rings. The van der Waals surface area contributed by atoms with Crippen molar-refractivity contribution >= 4 is 11.9 Å². The summed E-state index contributed by atoms with van der Waals surface area (Å²) in [5.41, 5.74) is 0. The third-order valence-corrected chi connectivity index (χ3v) is 4.65. The van der Waals surface area contributed by atoms with Crippen LogP contribution in [0, 0.1) is 11.8 Å². The number of carboxylic acids is 1. The SMILES string of the molecule is O=C(O)C1C2CCCC2CN1C(=O)C1COCCN1. The highest BCUT2D eigenvalue weighted by atomic mass is 16.5. The van der Waals surface area contributed by atoms with Crippen LogP contribution in [0.15, 0.2) is 0 Å². The van der Waals surface area contributed by atoms with Gasteiger partial charge in [-0.15, -0.1) is 0 Å². The number of nitrogens with one attached hydrogen (secondary N) is 1. The maximum absolute atomic E-state index is 12.5. The molecular weight excluding hydrogens is 248 g/mol. The molecule has 4 atom stereocenters. The van der Waals surface area contributed by atoms with Gasteiger partial charge in [0.2, 0.25) is 5.91 Å². The fourth-order valence-electron chi connectivity index (χ4n) is 3.77. The van der Waals surface area contributed by atoms with Crippen molar-refractivity contribution < 1.29 is 19.4 Å². The number of rotatable bonds is 2. The molecule has 19 heavy (non-hydrogen) atoms. The zero-order valence-electron chi connectivity index (χ0n) is 10.9. The molecule has 3 fully saturated rings. The van der Waals surface area contributed by atoms with Gasteiger partial charge in [-0.25, -0.2) is 4.79 Å². The third kappa shape index (κ3) is 2.23. The molecule has 2 saturated heterocycles. The number of ether oxygens (including phenoxy) is 1. The van der Waals surface area contributed by atoms with Gasteiger partial charge in [0.15, 0.2) is 0 Å². The van der Waals surface area contributed by atoms with Crippen molar-refractivity contribution in [2.75, 3.05) is 26.3 Å². The van der Waals surface area contributed by atoms with Crippen LogP contribution in [0.1, 0.15) is 19.3 Å². The highest BCUT2D eigenvalue weighted by Crippen LogP contribution is 2.42. The minimum absolute atomic E-state index is 0.110. The van der Waals surface area contributed by atoms with Gasteiger partial charge < -0.3 is 20.1 Å². The standard InChI is InChI=1S/C13H20N2O4/c16-12(10-7-19-5-4-14-10)15-6-8-2-1-3-9(8)11(15)13(17)18/h8-11,14H,1-7H2,(H,17,18). The van der Waals surface area contributed by atoms with Gasteiger partial charge in [-0.2, -0.15) is 0 Å². The summed E-state index contributed by atoms with van der Waals surface area (Å²) in [5, 5.41) is 12.5. The van der Waals surface area contributed by atoms with E-state index in [1.807, 2.05) is 0 Å². The second-order valence-corrected chi connectivity index (χ2v) is 5.71. The van der Waals surface area contributed by atoms with Crippen molar-refractivity contribution in [2.45, 2.75) is 31.3 Å². The Balaban J connectivity index is 1.75. The Morgan fingerprint density at radius 3 is 2.84 bits per heavy atom. The molecule has 6 heteroatoms. The quantitative estimate of drug-likeness (QED) is 0.718. The Morgan fingerprint density at radius 1 is 1.32 bits per heavy atom. The molecule has 2 heterocycles. The molecule has 106 valence electrons. The smallest absolute Gasteiger partial charge is 0.326 e. The molecule has 1 aliphatic carbocycles. The lowest BCUT2D eigenvalue weighted by Crippen LogP contribution is -2.55. The number of morpholine rings is 1. The van der Waals surface area contributed by atoms with Gasteiger partial charge >= 0.3 is 5.97 Å². The van der Waals surface area contributed by atoms with Crippen LogP contribution in [-0.4, -0.2) is 60.3 Å². The first-order chi connectivity index (χ1) is 9.18. The lowest BCUT2D eigenvalue weighted by atomic mass is 9.94. The van der Waals surface area contributed by atoms with E-state index in [-0.39, 0.29) is 17.9 Å². The number of carbonyl (C=O) groups is 2. The molecule has 0 bridgehead atoms. The molecule has 1 saturated carbocycles. The second-order valence-electron chi connectivity index (χ2n) is 5.71. The molecule has 1 amide bonds. The molecular formula is C13H20N2O4. The first-order valence-corrected chi connectivity index (χ1v) is 7.03. The first-order valence-electron chi connectivity index (χ1n) is 7.03. The van der Waals surface area contributed by atoms with Crippen molar-refractivity contribution in [3.8, 4) is 0 Å². The van der Waals surface area contributed by atoms with Gasteiger partial charge in [0, 0.05) is 13.1 Å². The van der Waals surface area contributed by atoms with Gasteiger partial charge in [-0.1, -0.05) is 6.42 Å². The maximum atomic E-state index is 12.5. The predicted octanol–water partition coefficient (Wildman–Crippen LogP) is -0.313. The summed E-state index contributed by atoms with van der Waals surface area (Å²) in [6, 6.07) is -1.02. The Labute approximate surface area is 112 Å². The number of hydrogen-bond acceptors (Lipinski definition) is 4. The van der Waals surface area contributed by atoms with Crippen LogP contribution in [-0.2, 0) is 14.3 Å². The van der Waals surface area contributed by atoms with Crippen LogP contribution in [0.2, 0.25) is 0 Å². The number of likely N-dealkylation sites (tertiary alicyclic amines) is 1. The van der Waals surface area contributed by atoms with Crippen molar-refractivity contribution in [1.29, 1.82) is 0 Å². The fourth-order valence-corrected chi connectivity index (χ4v) is 3.77. The van der Waals surface area contributed by atoms with Gasteiger partial charge in [0.25, 0.3) is 0 Å². The first kappa shape index (κ1) is 12.9. The Kier molecular flexibility index (Phi) is 3.45. The molecule has 0 radical (unpaired) electrons. The minimum atomic E-state index is -0.862. The molecule has 0 spiro atoms. The summed E-state index contributed by atoms with van der Waals surface area (Å²) in [5.74, 6) is -0.457. The van der Waals surface area contributed by atoms with Crippen LogP contribution >= 0.6 is 0 Å². The Morgan fingerprint density at radius 2 is 2.16 bits per heavy atom. The minimum Gasteiger partial charge on any atom is -0.480 e. The monoisotopic (exact) mass is 268 g/mol. The van der Waals surface area contributed by atoms with E-state index in [1.54, 1.807) is 4.90 Å². The number of fused-ring (bicyclic) bond motifs is 1. The molecule has 0 aromatic carbocycles. The number of carbonyl (C=O) groups excluding carboxylic acids is 1. The summed E-state index contributed by atoms with van der Waals surface area (Å²) in [6.07, 6.45) is 3.07. The van der Waals surface area contributed by atoms with E-state index in [1.165, 1.54) is 0 Å². The van der Waals surface area contributed by atoms with Gasteiger partial charge in [-0.05, 0) is 24.7 Å². The van der Waals surface area contributed by atoms with Crippen LogP contribution in [0.5, 0.6) is 0 Å². The highest BCUT2D eigenvalue weighted by Gasteiger charge is 2.50. The summed E-state index contributed by atoms with van der Waals surface area (Å²) in [6.45, 7) is 2.20. The summed E-state index contributed by atoms with van der Waals surface area (Å²) in [4.78, 5) is 25.5. The Hall–Kier alpha value is -1.14. The fraction of sp³-hybridized carbons (Fsp3) is 0.846. The van der Waals surface area contributed by atoms with Gasteiger partial charge in [0.1, 0.15) is 12.1 Å². The largest absolute Gasteiger partial charge is 0.480 e. The molecule has 3 rings (SSSR count). The van der Waals surface area contributed by atoms with E-state index in [0.29, 0.717) is 32.2 Å². The normalized spacial score (nSPS) is 38.2. The average Bonchev–Trinajstić information content (AvgIpc) is 2.98. The van der Waals surface area contributed by atoms with Crippen molar-refractivity contribution in [1.82, 2.24) is 10.2 Å².